The van der Waals surface area contributed by atoms with Crippen LogP contribution < -0.4 is 5.56 Å². The highest BCUT2D eigenvalue weighted by atomic mass is 16.4. The molecule has 5 heteroatoms. The van der Waals surface area contributed by atoms with Gasteiger partial charge in [0.25, 0.3) is 5.56 Å². The van der Waals surface area contributed by atoms with Crippen LogP contribution in [0.15, 0.2) is 35.1 Å². The van der Waals surface area contributed by atoms with Crippen LogP contribution in [0.5, 0.6) is 0 Å². The summed E-state index contributed by atoms with van der Waals surface area (Å²) in [4.78, 5) is 22.0. The van der Waals surface area contributed by atoms with Crippen molar-refractivity contribution in [2.75, 3.05) is 0 Å². The first kappa shape index (κ1) is 10.2. The minimum Gasteiger partial charge on any atom is -0.477 e. The van der Waals surface area contributed by atoms with E-state index in [9.17, 15) is 9.59 Å². The molecule has 82 valence electrons. The molecule has 0 radical (unpaired) electrons. The fourth-order valence-electron chi connectivity index (χ4n) is 1.52. The van der Waals surface area contributed by atoms with Gasteiger partial charge in [0.2, 0.25) is 0 Å². The molecule has 0 aliphatic heterocycles. The Labute approximate surface area is 90.9 Å². The molecule has 2 aromatic rings. The number of aromatic carboxylic acids is 1. The van der Waals surface area contributed by atoms with Crippen molar-refractivity contribution < 1.29 is 9.90 Å². The van der Waals surface area contributed by atoms with Gasteiger partial charge in [-0.05, 0) is 24.6 Å². The summed E-state index contributed by atoms with van der Waals surface area (Å²) < 4.78 is 1.26. The monoisotopic (exact) mass is 218 g/mol. The van der Waals surface area contributed by atoms with Crippen LogP contribution in [0.1, 0.15) is 16.1 Å². The Balaban J connectivity index is 2.64. The molecule has 1 aromatic heterocycles. The van der Waals surface area contributed by atoms with E-state index in [1.165, 1.54) is 4.68 Å². The maximum absolute atomic E-state index is 11.1. The number of benzene rings is 1. The molecule has 2 N–H and O–H groups in total. The van der Waals surface area contributed by atoms with Gasteiger partial charge in [-0.2, -0.15) is 0 Å². The highest BCUT2D eigenvalue weighted by Gasteiger charge is 2.12. The Bertz CT molecular complexity index is 595. The summed E-state index contributed by atoms with van der Waals surface area (Å²) in [5.74, 6) is -1.14. The summed E-state index contributed by atoms with van der Waals surface area (Å²) in [5, 5.41) is 11.4. The highest BCUT2D eigenvalue weighted by Crippen LogP contribution is 2.10. The van der Waals surface area contributed by atoms with Crippen LogP contribution >= 0.6 is 0 Å². The molecule has 0 saturated carbocycles. The maximum Gasteiger partial charge on any atom is 0.354 e. The van der Waals surface area contributed by atoms with Crippen LogP contribution in [0.25, 0.3) is 5.69 Å². The van der Waals surface area contributed by atoms with E-state index in [0.717, 1.165) is 11.6 Å². The minimum absolute atomic E-state index is 0.0735. The lowest BCUT2D eigenvalue weighted by atomic mass is 10.2. The molecular weight excluding hydrogens is 208 g/mol. The maximum atomic E-state index is 11.1. The van der Waals surface area contributed by atoms with E-state index in [4.69, 9.17) is 5.11 Å². The van der Waals surface area contributed by atoms with Crippen molar-refractivity contribution in [3.8, 4) is 5.69 Å². The Morgan fingerprint density at radius 2 is 2.12 bits per heavy atom. The second kappa shape index (κ2) is 3.69. The number of carboxylic acid groups (broad SMARTS) is 1. The normalized spacial score (nSPS) is 10.3. The number of aromatic nitrogens is 2. The van der Waals surface area contributed by atoms with E-state index in [0.29, 0.717) is 5.69 Å². The summed E-state index contributed by atoms with van der Waals surface area (Å²) in [5.41, 5.74) is 1.11. The molecule has 0 bridgehead atoms. The number of aromatic amines is 1. The van der Waals surface area contributed by atoms with Gasteiger partial charge in [0.05, 0.1) is 5.69 Å². The summed E-state index contributed by atoms with van der Waals surface area (Å²) in [6, 6.07) is 8.28. The Morgan fingerprint density at radius 1 is 1.38 bits per heavy atom. The molecule has 0 unspecified atom stereocenters. The molecule has 16 heavy (non-hydrogen) atoms. The Hall–Kier alpha value is -2.30. The molecule has 0 saturated heterocycles. The average Bonchev–Trinajstić information content (AvgIpc) is 2.60. The first-order valence-corrected chi connectivity index (χ1v) is 4.70. The number of hydrogen-bond donors (Lipinski definition) is 2. The number of nitrogens with one attached hydrogen (secondary N) is 1. The molecule has 2 rings (SSSR count). The van der Waals surface area contributed by atoms with Gasteiger partial charge in [0, 0.05) is 6.07 Å². The Kier molecular flexibility index (Phi) is 2.36. The van der Waals surface area contributed by atoms with Crippen molar-refractivity contribution in [1.29, 1.82) is 0 Å². The third-order valence-corrected chi connectivity index (χ3v) is 2.21. The van der Waals surface area contributed by atoms with Crippen LogP contribution in [0.4, 0.5) is 0 Å². The fourth-order valence-corrected chi connectivity index (χ4v) is 1.52. The topological polar surface area (TPSA) is 75.1 Å². The fraction of sp³-hybridized carbons (Fsp3) is 0.0909. The summed E-state index contributed by atoms with van der Waals surface area (Å²) in [6.45, 7) is 1.89. The SMILES string of the molecule is Cc1cccc(-n2[nH]c(=O)cc2C(=O)O)c1. The van der Waals surface area contributed by atoms with E-state index in [1.54, 1.807) is 18.2 Å². The van der Waals surface area contributed by atoms with E-state index in [1.807, 2.05) is 13.0 Å². The van der Waals surface area contributed by atoms with Crippen molar-refractivity contribution >= 4 is 5.97 Å². The van der Waals surface area contributed by atoms with Crippen LogP contribution in [0.3, 0.4) is 0 Å². The molecule has 0 fully saturated rings. The number of nitrogens with zero attached hydrogens (tertiary/aromatic N) is 1. The van der Waals surface area contributed by atoms with Crippen molar-refractivity contribution in [1.82, 2.24) is 9.78 Å². The smallest absolute Gasteiger partial charge is 0.354 e. The van der Waals surface area contributed by atoms with Crippen molar-refractivity contribution in [3.63, 3.8) is 0 Å². The van der Waals surface area contributed by atoms with E-state index >= 15 is 0 Å². The quantitative estimate of drug-likeness (QED) is 0.794. The van der Waals surface area contributed by atoms with E-state index < -0.39 is 11.5 Å². The lowest BCUT2D eigenvalue weighted by Gasteiger charge is -2.05. The van der Waals surface area contributed by atoms with Crippen molar-refractivity contribution in [2.45, 2.75) is 6.92 Å². The first-order chi connectivity index (χ1) is 7.58. The molecule has 0 amide bonds. The second-order valence-electron chi connectivity index (χ2n) is 3.49. The molecule has 1 aromatic carbocycles. The largest absolute Gasteiger partial charge is 0.477 e. The van der Waals surface area contributed by atoms with Gasteiger partial charge < -0.3 is 5.11 Å². The summed E-state index contributed by atoms with van der Waals surface area (Å²) >= 11 is 0. The predicted molar refractivity (Wildman–Crippen MR) is 58.1 cm³/mol. The van der Waals surface area contributed by atoms with Crippen LogP contribution in [0.2, 0.25) is 0 Å². The van der Waals surface area contributed by atoms with Gasteiger partial charge in [0.15, 0.2) is 5.69 Å². The number of hydrogen-bond acceptors (Lipinski definition) is 2. The lowest BCUT2D eigenvalue weighted by Crippen LogP contribution is -2.08. The zero-order chi connectivity index (χ0) is 11.7. The van der Waals surface area contributed by atoms with Gasteiger partial charge in [0.1, 0.15) is 0 Å². The van der Waals surface area contributed by atoms with E-state index in [-0.39, 0.29) is 5.69 Å². The standard InChI is InChI=1S/C11H10N2O3/c1-7-3-2-4-8(5-7)13-9(11(15)16)6-10(14)12-13/h2-6H,1H3,(H,12,14)(H,15,16). The van der Waals surface area contributed by atoms with Gasteiger partial charge in [-0.25, -0.2) is 9.48 Å². The number of aryl methyl sites for hydroxylation is 1. The number of carboxylic acids is 1. The van der Waals surface area contributed by atoms with Crippen LogP contribution in [-0.4, -0.2) is 20.9 Å². The minimum atomic E-state index is -1.14. The summed E-state index contributed by atoms with van der Waals surface area (Å²) in [7, 11) is 0. The summed E-state index contributed by atoms with van der Waals surface area (Å²) in [6.07, 6.45) is 0. The van der Waals surface area contributed by atoms with Crippen molar-refractivity contribution in [2.24, 2.45) is 0 Å². The predicted octanol–water partition coefficient (Wildman–Crippen LogP) is 1.17. The zero-order valence-electron chi connectivity index (χ0n) is 8.60. The van der Waals surface area contributed by atoms with Crippen molar-refractivity contribution in [3.05, 3.63) is 51.9 Å². The highest BCUT2D eigenvalue weighted by molar-refractivity contribution is 5.86. The third kappa shape index (κ3) is 1.75. The molecule has 0 aliphatic carbocycles. The molecule has 1 heterocycles. The van der Waals surface area contributed by atoms with Gasteiger partial charge in [-0.15, -0.1) is 0 Å². The molecular formula is C11H10N2O3. The zero-order valence-corrected chi connectivity index (χ0v) is 8.60. The molecule has 0 aliphatic rings. The van der Waals surface area contributed by atoms with Gasteiger partial charge in [-0.3, -0.25) is 9.89 Å². The van der Waals surface area contributed by atoms with E-state index in [2.05, 4.69) is 5.10 Å². The molecule has 5 nitrogen and oxygen atoms in total. The van der Waals surface area contributed by atoms with Crippen LogP contribution in [0, 0.1) is 6.92 Å². The number of rotatable bonds is 2. The van der Waals surface area contributed by atoms with Crippen LogP contribution in [-0.2, 0) is 0 Å². The third-order valence-electron chi connectivity index (χ3n) is 2.21. The average molecular weight is 218 g/mol. The number of H-pyrrole nitrogens is 1. The number of carbonyl (C=O) groups is 1. The Morgan fingerprint density at radius 3 is 2.75 bits per heavy atom. The molecule has 0 spiro atoms. The van der Waals surface area contributed by atoms with Gasteiger partial charge >= 0.3 is 5.97 Å². The first-order valence-electron chi connectivity index (χ1n) is 4.70. The van der Waals surface area contributed by atoms with Gasteiger partial charge in [-0.1, -0.05) is 12.1 Å². The second-order valence-corrected chi connectivity index (χ2v) is 3.49. The lowest BCUT2D eigenvalue weighted by molar-refractivity contribution is 0.0687. The molecule has 0 atom stereocenters.